The average molecular weight is 226 g/mol. The number of morpholine rings is 1. The van der Waals surface area contributed by atoms with Gasteiger partial charge >= 0.3 is 0 Å². The van der Waals surface area contributed by atoms with Crippen molar-refractivity contribution in [2.24, 2.45) is 0 Å². The van der Waals surface area contributed by atoms with Gasteiger partial charge in [0.25, 0.3) is 5.91 Å². The van der Waals surface area contributed by atoms with Gasteiger partial charge in [0.1, 0.15) is 11.3 Å². The Morgan fingerprint density at radius 1 is 1.75 bits per heavy atom. The van der Waals surface area contributed by atoms with Crippen LogP contribution in [0.15, 0.2) is 10.7 Å². The van der Waals surface area contributed by atoms with Crippen LogP contribution in [0.5, 0.6) is 0 Å². The third kappa shape index (κ3) is 2.07. The van der Waals surface area contributed by atoms with Crippen molar-refractivity contribution in [3.05, 3.63) is 17.5 Å². The van der Waals surface area contributed by atoms with Crippen molar-refractivity contribution in [2.75, 3.05) is 26.3 Å². The molecule has 1 aliphatic rings. The number of aliphatic hydroxyl groups excluding tert-OH is 1. The van der Waals surface area contributed by atoms with Crippen molar-refractivity contribution >= 4 is 5.91 Å². The molecular formula is C10H14N2O4. The lowest BCUT2D eigenvalue weighted by Gasteiger charge is -2.31. The first kappa shape index (κ1) is 11.1. The summed E-state index contributed by atoms with van der Waals surface area (Å²) in [6, 6.07) is 0. The second-order valence-corrected chi connectivity index (χ2v) is 3.72. The van der Waals surface area contributed by atoms with E-state index in [1.165, 1.54) is 6.20 Å². The fourth-order valence-corrected chi connectivity index (χ4v) is 1.69. The maximum Gasteiger partial charge on any atom is 0.259 e. The Hall–Kier alpha value is -1.40. The Labute approximate surface area is 92.8 Å². The highest BCUT2D eigenvalue weighted by molar-refractivity contribution is 5.94. The number of hydrogen-bond acceptors (Lipinski definition) is 5. The first-order valence-corrected chi connectivity index (χ1v) is 5.15. The zero-order chi connectivity index (χ0) is 11.5. The summed E-state index contributed by atoms with van der Waals surface area (Å²) in [5, 5.41) is 12.6. The van der Waals surface area contributed by atoms with E-state index < -0.39 is 0 Å². The number of aryl methyl sites for hydroxylation is 1. The van der Waals surface area contributed by atoms with E-state index in [1.807, 2.05) is 0 Å². The van der Waals surface area contributed by atoms with Gasteiger partial charge in [-0.15, -0.1) is 0 Å². The molecule has 0 spiro atoms. The molecule has 2 rings (SSSR count). The molecule has 1 saturated heterocycles. The van der Waals surface area contributed by atoms with Crippen LogP contribution >= 0.6 is 0 Å². The van der Waals surface area contributed by atoms with Crippen molar-refractivity contribution in [1.29, 1.82) is 0 Å². The summed E-state index contributed by atoms with van der Waals surface area (Å²) in [5.74, 6) is 0.387. The molecule has 1 amide bonds. The van der Waals surface area contributed by atoms with Crippen molar-refractivity contribution in [3.8, 4) is 0 Å². The van der Waals surface area contributed by atoms with Crippen LogP contribution in [0.3, 0.4) is 0 Å². The van der Waals surface area contributed by atoms with Crippen LogP contribution in [0.4, 0.5) is 0 Å². The lowest BCUT2D eigenvalue weighted by Crippen LogP contribution is -2.46. The van der Waals surface area contributed by atoms with E-state index >= 15 is 0 Å². The van der Waals surface area contributed by atoms with Gasteiger partial charge in [0, 0.05) is 13.1 Å². The number of hydrogen-bond donors (Lipinski definition) is 1. The zero-order valence-corrected chi connectivity index (χ0v) is 9.05. The Morgan fingerprint density at radius 2 is 2.56 bits per heavy atom. The predicted molar refractivity (Wildman–Crippen MR) is 54.0 cm³/mol. The molecule has 0 aliphatic carbocycles. The van der Waals surface area contributed by atoms with Gasteiger partial charge in [-0.25, -0.2) is 0 Å². The summed E-state index contributed by atoms with van der Waals surface area (Å²) in [6.07, 6.45) is 1.12. The van der Waals surface area contributed by atoms with Gasteiger partial charge in [0.05, 0.1) is 25.5 Å². The lowest BCUT2D eigenvalue weighted by atomic mass is 10.2. The minimum atomic E-state index is -0.294. The molecule has 0 bridgehead atoms. The first-order valence-electron chi connectivity index (χ1n) is 5.15. The van der Waals surface area contributed by atoms with Crippen molar-refractivity contribution in [1.82, 2.24) is 10.1 Å². The Kier molecular flexibility index (Phi) is 3.21. The molecule has 1 fully saturated rings. The van der Waals surface area contributed by atoms with Gasteiger partial charge in [-0.2, -0.15) is 0 Å². The number of ether oxygens (including phenoxy) is 1. The Bertz CT molecular complexity index is 377. The molecule has 6 nitrogen and oxygen atoms in total. The van der Waals surface area contributed by atoms with Gasteiger partial charge in [-0.3, -0.25) is 4.79 Å². The third-order valence-corrected chi connectivity index (χ3v) is 2.61. The highest BCUT2D eigenvalue weighted by atomic mass is 16.5. The second kappa shape index (κ2) is 4.63. The quantitative estimate of drug-likeness (QED) is 0.756. The van der Waals surface area contributed by atoms with E-state index in [9.17, 15) is 4.79 Å². The number of aliphatic hydroxyl groups is 1. The molecule has 0 saturated carbocycles. The van der Waals surface area contributed by atoms with Gasteiger partial charge < -0.3 is 19.3 Å². The highest BCUT2D eigenvalue weighted by Crippen LogP contribution is 2.13. The van der Waals surface area contributed by atoms with Crippen molar-refractivity contribution in [2.45, 2.75) is 13.0 Å². The maximum atomic E-state index is 12.0. The Morgan fingerprint density at radius 3 is 3.19 bits per heavy atom. The monoisotopic (exact) mass is 226 g/mol. The summed E-state index contributed by atoms with van der Waals surface area (Å²) >= 11 is 0. The van der Waals surface area contributed by atoms with Crippen LogP contribution in [0.2, 0.25) is 0 Å². The standard InChI is InChI=1S/C10H14N2O4/c1-7-9(4-11-16-7)10(14)12-2-3-15-8(5-12)6-13/h4,8,13H,2-3,5-6H2,1H3. The summed E-state index contributed by atoms with van der Waals surface area (Å²) in [4.78, 5) is 13.7. The number of carbonyl (C=O) groups excluding carboxylic acids is 1. The molecule has 2 heterocycles. The SMILES string of the molecule is Cc1oncc1C(=O)N1CCOC(CO)C1. The van der Waals surface area contributed by atoms with Gasteiger partial charge in [0.2, 0.25) is 0 Å². The average Bonchev–Trinajstić information content (AvgIpc) is 2.74. The van der Waals surface area contributed by atoms with Crippen LogP contribution in [0, 0.1) is 6.92 Å². The van der Waals surface area contributed by atoms with Crippen LogP contribution < -0.4 is 0 Å². The van der Waals surface area contributed by atoms with Crippen molar-refractivity contribution < 1.29 is 19.2 Å². The number of nitrogens with zero attached hydrogens (tertiary/aromatic N) is 2. The van der Waals surface area contributed by atoms with E-state index in [1.54, 1.807) is 11.8 Å². The molecule has 1 atom stereocenters. The minimum absolute atomic E-state index is 0.0770. The lowest BCUT2D eigenvalue weighted by molar-refractivity contribution is -0.0447. The molecular weight excluding hydrogens is 212 g/mol. The van der Waals surface area contributed by atoms with Crippen LogP contribution in [0.25, 0.3) is 0 Å². The number of amides is 1. The third-order valence-electron chi connectivity index (χ3n) is 2.61. The van der Waals surface area contributed by atoms with Crippen LogP contribution in [-0.2, 0) is 4.74 Å². The van der Waals surface area contributed by atoms with Crippen LogP contribution in [0.1, 0.15) is 16.1 Å². The topological polar surface area (TPSA) is 75.8 Å². The van der Waals surface area contributed by atoms with E-state index in [4.69, 9.17) is 14.4 Å². The summed E-state index contributed by atoms with van der Waals surface area (Å²) in [6.45, 7) is 3.00. The fourth-order valence-electron chi connectivity index (χ4n) is 1.69. The second-order valence-electron chi connectivity index (χ2n) is 3.72. The van der Waals surface area contributed by atoms with Gasteiger partial charge in [-0.1, -0.05) is 5.16 Å². The highest BCUT2D eigenvalue weighted by Gasteiger charge is 2.26. The normalized spacial score (nSPS) is 21.1. The molecule has 88 valence electrons. The number of rotatable bonds is 2. The van der Waals surface area contributed by atoms with Gasteiger partial charge in [0.15, 0.2) is 0 Å². The van der Waals surface area contributed by atoms with Crippen molar-refractivity contribution in [3.63, 3.8) is 0 Å². The van der Waals surface area contributed by atoms with Crippen LogP contribution in [-0.4, -0.2) is 53.5 Å². The van der Waals surface area contributed by atoms with E-state index in [-0.39, 0.29) is 18.6 Å². The zero-order valence-electron chi connectivity index (χ0n) is 9.05. The van der Waals surface area contributed by atoms with Gasteiger partial charge in [-0.05, 0) is 6.92 Å². The number of carbonyl (C=O) groups is 1. The predicted octanol–water partition coefficient (Wildman–Crippen LogP) is -0.184. The molecule has 1 N–H and O–H groups in total. The molecule has 1 aromatic rings. The number of aromatic nitrogens is 1. The summed E-state index contributed by atoms with van der Waals surface area (Å²) < 4.78 is 10.1. The largest absolute Gasteiger partial charge is 0.394 e. The van der Waals surface area contributed by atoms with E-state index in [0.717, 1.165) is 0 Å². The summed E-state index contributed by atoms with van der Waals surface area (Å²) in [5.41, 5.74) is 0.471. The van der Waals surface area contributed by atoms with E-state index in [2.05, 4.69) is 5.16 Å². The van der Waals surface area contributed by atoms with E-state index in [0.29, 0.717) is 31.0 Å². The fraction of sp³-hybridized carbons (Fsp3) is 0.600. The molecule has 16 heavy (non-hydrogen) atoms. The maximum absolute atomic E-state index is 12.0. The first-order chi connectivity index (χ1) is 7.72. The Balaban J connectivity index is 2.07. The minimum Gasteiger partial charge on any atom is -0.394 e. The molecule has 1 aliphatic heterocycles. The molecule has 1 aromatic heterocycles. The molecule has 0 radical (unpaired) electrons. The summed E-state index contributed by atoms with van der Waals surface area (Å²) in [7, 11) is 0. The molecule has 1 unspecified atom stereocenters. The molecule has 0 aromatic carbocycles. The molecule has 6 heteroatoms. The smallest absolute Gasteiger partial charge is 0.259 e.